The van der Waals surface area contributed by atoms with E-state index in [4.69, 9.17) is 14.2 Å². The van der Waals surface area contributed by atoms with Crippen molar-refractivity contribution in [1.29, 1.82) is 0 Å². The van der Waals surface area contributed by atoms with Gasteiger partial charge in [0.05, 0.1) is 12.5 Å². The summed E-state index contributed by atoms with van der Waals surface area (Å²) in [7, 11) is 0. The molecule has 2 atom stereocenters. The Bertz CT molecular complexity index is 909. The van der Waals surface area contributed by atoms with Crippen molar-refractivity contribution in [2.24, 2.45) is 0 Å². The maximum Gasteiger partial charge on any atom is 0.305 e. The average Bonchev–Trinajstić information content (AvgIpc) is 3.27. The van der Waals surface area contributed by atoms with Gasteiger partial charge >= 0.3 is 5.97 Å². The monoisotopic (exact) mass is 369 g/mol. The zero-order valence-electron chi connectivity index (χ0n) is 14.7. The normalized spacial score (nSPS) is 17.7. The van der Waals surface area contributed by atoms with Crippen molar-refractivity contribution in [3.63, 3.8) is 0 Å². The fourth-order valence-electron chi connectivity index (χ4n) is 3.39. The van der Waals surface area contributed by atoms with E-state index >= 15 is 0 Å². The predicted octanol–water partition coefficient (Wildman–Crippen LogP) is 2.36. The van der Waals surface area contributed by atoms with Gasteiger partial charge in [-0.25, -0.2) is 0 Å². The molecule has 2 heterocycles. The fraction of sp³-hybridized carbons (Fsp3) is 0.300. The number of benzene rings is 2. The van der Waals surface area contributed by atoms with Crippen LogP contribution in [0.4, 0.5) is 0 Å². The molecule has 4 rings (SSSR count). The molecule has 0 fully saturated rings. The van der Waals surface area contributed by atoms with E-state index in [2.05, 4.69) is 5.32 Å². The van der Waals surface area contributed by atoms with E-state index in [1.165, 1.54) is 0 Å². The first-order valence-electron chi connectivity index (χ1n) is 8.68. The van der Waals surface area contributed by atoms with Crippen LogP contribution in [0.25, 0.3) is 0 Å². The number of aliphatic carboxylic acids is 1. The van der Waals surface area contributed by atoms with Gasteiger partial charge < -0.3 is 24.6 Å². The minimum Gasteiger partial charge on any atom is -0.481 e. The van der Waals surface area contributed by atoms with Gasteiger partial charge in [0.2, 0.25) is 6.79 Å². The molecule has 1 amide bonds. The Morgan fingerprint density at radius 2 is 2.04 bits per heavy atom. The molecular weight excluding hydrogens is 350 g/mol. The maximum atomic E-state index is 12.7. The molecule has 7 nitrogen and oxygen atoms in total. The molecule has 0 saturated heterocycles. The Morgan fingerprint density at radius 1 is 1.22 bits per heavy atom. The van der Waals surface area contributed by atoms with Crippen molar-refractivity contribution in [3.05, 3.63) is 53.1 Å². The molecule has 0 spiro atoms. The molecule has 27 heavy (non-hydrogen) atoms. The van der Waals surface area contributed by atoms with E-state index in [1.807, 2.05) is 25.1 Å². The summed E-state index contributed by atoms with van der Waals surface area (Å²) in [5, 5.41) is 12.1. The Morgan fingerprint density at radius 3 is 2.81 bits per heavy atom. The highest BCUT2D eigenvalue weighted by atomic mass is 16.7. The molecule has 2 N–H and O–H groups in total. The van der Waals surface area contributed by atoms with Crippen LogP contribution in [-0.2, 0) is 16.0 Å². The molecule has 2 aliphatic heterocycles. The molecule has 0 saturated carbocycles. The van der Waals surface area contributed by atoms with Crippen molar-refractivity contribution in [3.8, 4) is 17.2 Å². The van der Waals surface area contributed by atoms with Gasteiger partial charge in [-0.05, 0) is 35.7 Å². The number of hydrogen-bond acceptors (Lipinski definition) is 5. The molecule has 1 unspecified atom stereocenters. The zero-order chi connectivity index (χ0) is 19.0. The van der Waals surface area contributed by atoms with Crippen LogP contribution in [0.2, 0.25) is 0 Å². The molecule has 2 aromatic rings. The standard InChI is InChI=1S/C20H19NO6/c1-11-3-2-4-13-8-17(27-19(11)13)20(24)21-14(9-18(22)23)12-5-6-15-16(7-12)26-10-25-15/h2-7,14,17H,8-10H2,1H3,(H,21,24)(H,22,23)/t14-,17?/m0/s1. The van der Waals surface area contributed by atoms with Gasteiger partial charge in [0.1, 0.15) is 5.75 Å². The number of carboxylic acids is 1. The van der Waals surface area contributed by atoms with Gasteiger partial charge in [-0.3, -0.25) is 9.59 Å². The number of para-hydroxylation sites is 1. The van der Waals surface area contributed by atoms with Crippen LogP contribution in [0.5, 0.6) is 17.2 Å². The van der Waals surface area contributed by atoms with Gasteiger partial charge in [0.15, 0.2) is 17.6 Å². The molecule has 2 aliphatic rings. The zero-order valence-corrected chi connectivity index (χ0v) is 14.7. The minimum atomic E-state index is -1.01. The quantitative estimate of drug-likeness (QED) is 0.840. The summed E-state index contributed by atoms with van der Waals surface area (Å²) in [5.41, 5.74) is 2.59. The van der Waals surface area contributed by atoms with Crippen LogP contribution in [0.15, 0.2) is 36.4 Å². The van der Waals surface area contributed by atoms with Gasteiger partial charge in [-0.1, -0.05) is 24.3 Å². The lowest BCUT2D eigenvalue weighted by Gasteiger charge is -2.20. The molecule has 2 aromatic carbocycles. The van der Waals surface area contributed by atoms with Crippen molar-refractivity contribution in [2.45, 2.75) is 31.9 Å². The van der Waals surface area contributed by atoms with Crippen LogP contribution >= 0.6 is 0 Å². The predicted molar refractivity (Wildman–Crippen MR) is 95.0 cm³/mol. The Balaban J connectivity index is 1.52. The van der Waals surface area contributed by atoms with Crippen molar-refractivity contribution in [1.82, 2.24) is 5.32 Å². The number of nitrogens with one attached hydrogen (secondary N) is 1. The smallest absolute Gasteiger partial charge is 0.305 e. The molecular formula is C20H19NO6. The average molecular weight is 369 g/mol. The second kappa shape index (κ2) is 6.83. The van der Waals surface area contributed by atoms with Crippen LogP contribution in [-0.4, -0.2) is 29.9 Å². The lowest BCUT2D eigenvalue weighted by molar-refractivity contribution is -0.138. The molecule has 7 heteroatoms. The number of carbonyl (C=O) groups excluding carboxylic acids is 1. The maximum absolute atomic E-state index is 12.7. The number of carbonyl (C=O) groups is 2. The number of hydrogen-bond donors (Lipinski definition) is 2. The first-order valence-corrected chi connectivity index (χ1v) is 8.68. The van der Waals surface area contributed by atoms with E-state index in [-0.39, 0.29) is 19.1 Å². The third-order valence-electron chi connectivity index (χ3n) is 4.75. The Labute approximate surface area is 155 Å². The van der Waals surface area contributed by atoms with Gasteiger partial charge in [-0.2, -0.15) is 0 Å². The lowest BCUT2D eigenvalue weighted by atomic mass is 10.0. The largest absolute Gasteiger partial charge is 0.481 e. The Kier molecular flexibility index (Phi) is 4.35. The van der Waals surface area contributed by atoms with Gasteiger partial charge in [0, 0.05) is 6.42 Å². The summed E-state index contributed by atoms with van der Waals surface area (Å²) in [6, 6.07) is 10.2. The second-order valence-corrected chi connectivity index (χ2v) is 6.65. The highest BCUT2D eigenvalue weighted by Gasteiger charge is 2.32. The molecule has 0 aliphatic carbocycles. The van der Waals surface area contributed by atoms with E-state index in [0.717, 1.165) is 16.9 Å². The number of fused-ring (bicyclic) bond motifs is 2. The Hall–Kier alpha value is -3.22. The number of ether oxygens (including phenoxy) is 3. The summed E-state index contributed by atoms with van der Waals surface area (Å²) in [5.74, 6) is 0.524. The highest BCUT2D eigenvalue weighted by Crippen LogP contribution is 2.35. The molecule has 0 aromatic heterocycles. The van der Waals surface area contributed by atoms with Crippen LogP contribution in [0, 0.1) is 6.92 Å². The summed E-state index contributed by atoms with van der Waals surface area (Å²) in [6.07, 6.45) is -0.458. The molecule has 140 valence electrons. The van der Waals surface area contributed by atoms with Gasteiger partial charge in [-0.15, -0.1) is 0 Å². The van der Waals surface area contributed by atoms with Crippen LogP contribution in [0.1, 0.15) is 29.2 Å². The van der Waals surface area contributed by atoms with Crippen LogP contribution < -0.4 is 19.5 Å². The first-order chi connectivity index (χ1) is 13.0. The fourth-order valence-corrected chi connectivity index (χ4v) is 3.39. The molecule has 0 radical (unpaired) electrons. The third kappa shape index (κ3) is 3.40. The second-order valence-electron chi connectivity index (χ2n) is 6.65. The molecule has 0 bridgehead atoms. The summed E-state index contributed by atoms with van der Waals surface area (Å²) in [4.78, 5) is 24.0. The topological polar surface area (TPSA) is 94.1 Å². The summed E-state index contributed by atoms with van der Waals surface area (Å²) >= 11 is 0. The van der Waals surface area contributed by atoms with E-state index in [1.54, 1.807) is 18.2 Å². The van der Waals surface area contributed by atoms with Crippen LogP contribution in [0.3, 0.4) is 0 Å². The number of amides is 1. The third-order valence-corrected chi connectivity index (χ3v) is 4.75. The van der Waals surface area contributed by atoms with Crippen molar-refractivity contribution in [2.75, 3.05) is 6.79 Å². The highest BCUT2D eigenvalue weighted by molar-refractivity contribution is 5.83. The van der Waals surface area contributed by atoms with Crippen molar-refractivity contribution >= 4 is 11.9 Å². The van der Waals surface area contributed by atoms with E-state index < -0.39 is 18.1 Å². The summed E-state index contributed by atoms with van der Waals surface area (Å²) < 4.78 is 16.4. The number of rotatable bonds is 5. The lowest BCUT2D eigenvalue weighted by Crippen LogP contribution is -2.40. The SMILES string of the molecule is Cc1cccc2c1OC(C(=O)N[C@@H](CC(=O)O)c1ccc3c(c1)OCO3)C2. The number of carboxylic acid groups (broad SMARTS) is 1. The van der Waals surface area contributed by atoms with E-state index in [0.29, 0.717) is 23.5 Å². The summed E-state index contributed by atoms with van der Waals surface area (Å²) in [6.45, 7) is 2.06. The minimum absolute atomic E-state index is 0.127. The number of aryl methyl sites for hydroxylation is 1. The van der Waals surface area contributed by atoms with Gasteiger partial charge in [0.25, 0.3) is 5.91 Å². The van der Waals surface area contributed by atoms with E-state index in [9.17, 15) is 14.7 Å². The van der Waals surface area contributed by atoms with Crippen molar-refractivity contribution < 1.29 is 28.9 Å². The first kappa shape index (κ1) is 17.2.